The van der Waals surface area contributed by atoms with E-state index in [9.17, 15) is 0 Å². The van der Waals surface area contributed by atoms with Crippen LogP contribution in [-0.4, -0.2) is 43.9 Å². The van der Waals surface area contributed by atoms with E-state index in [2.05, 4.69) is 0 Å². The minimum Gasteiger partial charge on any atom is -0.813 e. The molecule has 0 amide bonds. The first-order valence-electron chi connectivity index (χ1n) is 0.612. The molecule has 0 fully saturated rings. The molecule has 0 aromatic rings. The smallest absolute Gasteiger partial charge is 0.813 e. The number of carbonyl (C=O) groups excluding carboxylic acids is 1. The SMILES string of the molecule is O=C([O-])[O-].[Ca+2].[SH-]. The molecule has 0 spiro atoms. The van der Waals surface area contributed by atoms with Gasteiger partial charge in [-0.15, -0.1) is 0 Å². The van der Waals surface area contributed by atoms with Crippen molar-refractivity contribution in [2.24, 2.45) is 0 Å². The van der Waals surface area contributed by atoms with Crippen LogP contribution >= 0.6 is 0 Å². The molecule has 3 nitrogen and oxygen atoms in total. The van der Waals surface area contributed by atoms with E-state index >= 15 is 0 Å². The average molecular weight is 133 g/mol. The maximum atomic E-state index is 8.33. The molecule has 0 heterocycles. The zero-order valence-electron chi connectivity index (χ0n) is 2.88. The molecule has 0 aliphatic carbocycles. The fourth-order valence-electron chi connectivity index (χ4n) is 0. The second-order valence-corrected chi connectivity index (χ2v) is 0.250. The average Bonchev–Trinajstić information content (AvgIpc) is 0.811. The molecule has 0 radical (unpaired) electrons. The van der Waals surface area contributed by atoms with Crippen molar-refractivity contribution < 1.29 is 15.0 Å². The van der Waals surface area contributed by atoms with Gasteiger partial charge in [0, 0.05) is 0 Å². The van der Waals surface area contributed by atoms with E-state index < -0.39 is 6.16 Å². The van der Waals surface area contributed by atoms with Crippen molar-refractivity contribution in [1.29, 1.82) is 0 Å². The number of hydrogen-bond acceptors (Lipinski definition) is 4. The molecule has 0 atom stereocenters. The van der Waals surface area contributed by atoms with Crippen LogP contribution in [0, 0.1) is 0 Å². The third-order valence-electron chi connectivity index (χ3n) is 0. The van der Waals surface area contributed by atoms with Gasteiger partial charge in [0.1, 0.15) is 0 Å². The van der Waals surface area contributed by atoms with Gasteiger partial charge in [-0.2, -0.15) is 0 Å². The normalized spacial score (nSPS) is 4.00. The van der Waals surface area contributed by atoms with Gasteiger partial charge in [-0.25, -0.2) is 0 Å². The van der Waals surface area contributed by atoms with Gasteiger partial charge in [-0.05, 0) is 6.16 Å². The number of hydrogen-bond donors (Lipinski definition) is 0. The second kappa shape index (κ2) is 9.30. The molecule has 6 heavy (non-hydrogen) atoms. The van der Waals surface area contributed by atoms with Gasteiger partial charge >= 0.3 is 37.7 Å². The maximum Gasteiger partial charge on any atom is 2.00 e. The van der Waals surface area contributed by atoms with Gasteiger partial charge in [0.15, 0.2) is 0 Å². The van der Waals surface area contributed by atoms with Crippen LogP contribution in [0.5, 0.6) is 0 Å². The van der Waals surface area contributed by atoms with Crippen molar-refractivity contribution in [1.82, 2.24) is 0 Å². The van der Waals surface area contributed by atoms with Crippen LogP contribution in [0.25, 0.3) is 0 Å². The first-order chi connectivity index (χ1) is 1.73. The molecular weight excluding hydrogens is 132 g/mol. The summed E-state index contributed by atoms with van der Waals surface area (Å²) in [7, 11) is 0. The van der Waals surface area contributed by atoms with Crippen molar-refractivity contribution in [2.45, 2.75) is 0 Å². The van der Waals surface area contributed by atoms with Crippen molar-refractivity contribution in [3.63, 3.8) is 0 Å². The van der Waals surface area contributed by atoms with Gasteiger partial charge in [0.25, 0.3) is 0 Å². The molecule has 0 rings (SSSR count). The molecule has 5 heteroatoms. The van der Waals surface area contributed by atoms with Crippen LogP contribution in [0.3, 0.4) is 0 Å². The molecule has 0 bridgehead atoms. The third-order valence-corrected chi connectivity index (χ3v) is 0. The topological polar surface area (TPSA) is 63.2 Å². The van der Waals surface area contributed by atoms with E-state index in [0.717, 1.165) is 0 Å². The van der Waals surface area contributed by atoms with Gasteiger partial charge in [0.05, 0.1) is 0 Å². The van der Waals surface area contributed by atoms with Crippen LogP contribution < -0.4 is 10.2 Å². The van der Waals surface area contributed by atoms with E-state index in [1.54, 1.807) is 0 Å². The molecule has 32 valence electrons. The monoisotopic (exact) mass is 133 g/mol. The van der Waals surface area contributed by atoms with E-state index in [4.69, 9.17) is 15.0 Å². The Bertz CT molecular complexity index is 33.8. The van der Waals surface area contributed by atoms with E-state index in [-0.39, 0.29) is 51.2 Å². The van der Waals surface area contributed by atoms with E-state index in [1.807, 2.05) is 0 Å². The van der Waals surface area contributed by atoms with Crippen LogP contribution in [-0.2, 0) is 13.5 Å². The summed E-state index contributed by atoms with van der Waals surface area (Å²) in [5.74, 6) is 0. The Morgan fingerprint density at radius 3 is 1.33 bits per heavy atom. The van der Waals surface area contributed by atoms with Gasteiger partial charge in [0.2, 0.25) is 0 Å². The Morgan fingerprint density at radius 1 is 1.33 bits per heavy atom. The minimum atomic E-state index is -2.33. The predicted octanol–water partition coefficient (Wildman–Crippen LogP) is -3.10. The standard InChI is InChI=1S/CH2O3.Ca.H2S/c2-1(3)4;;/h(H2,2,3,4);;1H2/q;+2;/p-3. The molecule has 0 unspecified atom stereocenters. The first-order valence-corrected chi connectivity index (χ1v) is 0.612. The summed E-state index contributed by atoms with van der Waals surface area (Å²) in [6.07, 6.45) is -2.33. The van der Waals surface area contributed by atoms with E-state index in [0.29, 0.717) is 0 Å². The van der Waals surface area contributed by atoms with Gasteiger partial charge in [-0.3, -0.25) is 0 Å². The summed E-state index contributed by atoms with van der Waals surface area (Å²) in [5, 5.41) is 16.7. The summed E-state index contributed by atoms with van der Waals surface area (Å²) >= 11 is 0. The second-order valence-electron chi connectivity index (χ2n) is 0.250. The summed E-state index contributed by atoms with van der Waals surface area (Å²) < 4.78 is 0. The largest absolute Gasteiger partial charge is 2.00 e. The third kappa shape index (κ3) is 94.9. The Kier molecular flexibility index (Phi) is 24.5. The van der Waals surface area contributed by atoms with Crippen molar-refractivity contribution in [3.8, 4) is 0 Å². The molecule has 0 aromatic carbocycles. The summed E-state index contributed by atoms with van der Waals surface area (Å²) in [4.78, 5) is 8.33. The van der Waals surface area contributed by atoms with Crippen LogP contribution in [0.1, 0.15) is 0 Å². The molecule has 0 N–H and O–H groups in total. The Labute approximate surface area is 71.8 Å². The van der Waals surface area contributed by atoms with E-state index in [1.165, 1.54) is 0 Å². The number of thiol groups is 1. The van der Waals surface area contributed by atoms with Gasteiger partial charge in [-0.1, -0.05) is 0 Å². The number of carboxylic acid groups (broad SMARTS) is 2. The zero-order chi connectivity index (χ0) is 3.58. The summed E-state index contributed by atoms with van der Waals surface area (Å²) in [6, 6.07) is 0. The summed E-state index contributed by atoms with van der Waals surface area (Å²) in [5.41, 5.74) is 0. The molecule has 0 aromatic heterocycles. The zero-order valence-corrected chi connectivity index (χ0v) is 5.98. The molecule has 0 saturated carbocycles. The van der Waals surface area contributed by atoms with Crippen molar-refractivity contribution in [3.05, 3.63) is 0 Å². The molecule has 0 saturated heterocycles. The first kappa shape index (κ1) is 15.8. The summed E-state index contributed by atoms with van der Waals surface area (Å²) in [6.45, 7) is 0. The fraction of sp³-hybridized carbons (Fsp3) is 0. The molecule has 0 aliphatic heterocycles. The minimum absolute atomic E-state index is 0. The molecular formula is CHCaO3S-. The maximum absolute atomic E-state index is 8.33. The van der Waals surface area contributed by atoms with Crippen molar-refractivity contribution in [2.75, 3.05) is 0 Å². The molecule has 0 aliphatic rings. The van der Waals surface area contributed by atoms with Crippen LogP contribution in [0.4, 0.5) is 4.79 Å². The Balaban J connectivity index is -0.0000000450. The Hall–Kier alpha value is 0.880. The quantitative estimate of drug-likeness (QED) is 0.199. The van der Waals surface area contributed by atoms with Crippen molar-refractivity contribution >= 4 is 57.4 Å². The van der Waals surface area contributed by atoms with Gasteiger partial charge < -0.3 is 28.5 Å². The predicted molar refractivity (Wildman–Crippen MR) is 19.9 cm³/mol. The number of rotatable bonds is 0. The van der Waals surface area contributed by atoms with Crippen LogP contribution in [0.2, 0.25) is 0 Å². The van der Waals surface area contributed by atoms with Crippen LogP contribution in [0.15, 0.2) is 0 Å². The Morgan fingerprint density at radius 2 is 1.33 bits per heavy atom. The fourth-order valence-corrected chi connectivity index (χ4v) is 0. The number of carbonyl (C=O) groups is 1.